The first kappa shape index (κ1) is 41.4. The largest absolute Gasteiger partial charge is 0.464 e. The van der Waals surface area contributed by atoms with E-state index in [-0.39, 0.29) is 30.6 Å². The average Bonchev–Trinajstić information content (AvgIpc) is 3.70. The Bertz CT molecular complexity index is 1810. The van der Waals surface area contributed by atoms with Crippen LogP contribution in [0.5, 0.6) is 0 Å². The summed E-state index contributed by atoms with van der Waals surface area (Å²) in [6.07, 6.45) is -1.47. The fraction of sp³-hybridized carbons (Fsp3) is 0.556. The van der Waals surface area contributed by atoms with Crippen molar-refractivity contribution in [3.05, 3.63) is 60.0 Å². The van der Waals surface area contributed by atoms with Crippen molar-refractivity contribution in [1.82, 2.24) is 19.7 Å². The number of anilines is 1. The molecular formula is C36H49N6O10P. The van der Waals surface area contributed by atoms with Gasteiger partial charge in [-0.3, -0.25) is 23.4 Å². The van der Waals surface area contributed by atoms with E-state index in [9.17, 15) is 24.2 Å². The van der Waals surface area contributed by atoms with Crippen LogP contribution in [0.4, 0.5) is 5.82 Å². The standard InChI is InChI=1S/C36H49N6O10P/c1-8-25(9-2)17-47-35(45)24(7)41-53(46,48-18-26-13-11-10-12-14-26)49-20-36(19-37)31(51-34(44)23(5)6)30(50-33(43)22(3)4)29(52-36)27-15-16-28-32(38)39-21-40-42(27)28/h10-16,21-25,29-31H,8-9,17-18,20H2,1-7H3,(H,41,46)(H2,38,39,40)/t24?,29-,30-,31-,36+,53?/m0/s1. The molecular weight excluding hydrogens is 707 g/mol. The number of carbonyl (C=O) groups is 3. The summed E-state index contributed by atoms with van der Waals surface area (Å²) in [6, 6.07) is 12.9. The molecule has 0 bridgehead atoms. The molecule has 1 fully saturated rings. The number of nitrogens with zero attached hydrogens (tertiary/aromatic N) is 4. The Kier molecular flexibility index (Phi) is 14.1. The lowest BCUT2D eigenvalue weighted by atomic mass is 9.95. The molecule has 0 saturated carbocycles. The Hall–Kier alpha value is -4.39. The molecule has 1 aliphatic rings. The zero-order valence-electron chi connectivity index (χ0n) is 31.1. The van der Waals surface area contributed by atoms with Crippen LogP contribution in [0.1, 0.15) is 78.7 Å². The van der Waals surface area contributed by atoms with Gasteiger partial charge in [0.2, 0.25) is 5.60 Å². The van der Waals surface area contributed by atoms with Crippen molar-refractivity contribution in [2.45, 2.75) is 97.9 Å². The van der Waals surface area contributed by atoms with Gasteiger partial charge in [0.15, 0.2) is 18.0 Å². The maximum Gasteiger partial charge on any atom is 0.406 e. The second-order valence-electron chi connectivity index (χ2n) is 13.5. The molecule has 16 nitrogen and oxygen atoms in total. The Balaban J connectivity index is 1.74. The minimum Gasteiger partial charge on any atom is -0.464 e. The predicted molar refractivity (Wildman–Crippen MR) is 191 cm³/mol. The number of hydrogen-bond acceptors (Lipinski definition) is 14. The van der Waals surface area contributed by atoms with Gasteiger partial charge in [0.1, 0.15) is 36.7 Å². The van der Waals surface area contributed by atoms with E-state index in [0.717, 1.165) is 12.8 Å². The summed E-state index contributed by atoms with van der Waals surface area (Å²) in [5, 5.41) is 17.8. The molecule has 53 heavy (non-hydrogen) atoms. The van der Waals surface area contributed by atoms with Gasteiger partial charge in [0.25, 0.3) is 0 Å². The third-order valence-electron chi connectivity index (χ3n) is 8.84. The van der Waals surface area contributed by atoms with Gasteiger partial charge in [-0.1, -0.05) is 84.7 Å². The first-order valence-corrected chi connectivity index (χ1v) is 19.2. The van der Waals surface area contributed by atoms with E-state index in [4.69, 9.17) is 33.7 Å². The Morgan fingerprint density at radius 1 is 1.00 bits per heavy atom. The van der Waals surface area contributed by atoms with Gasteiger partial charge in [-0.2, -0.15) is 10.4 Å². The van der Waals surface area contributed by atoms with E-state index in [1.54, 1.807) is 70.2 Å². The summed E-state index contributed by atoms with van der Waals surface area (Å²) >= 11 is 0. The molecule has 3 N–H and O–H groups in total. The zero-order chi connectivity index (χ0) is 38.9. The van der Waals surface area contributed by atoms with Crippen LogP contribution in [-0.4, -0.2) is 69.6 Å². The molecule has 0 spiro atoms. The number of aromatic nitrogens is 3. The number of fused-ring (bicyclic) bond motifs is 1. The quantitative estimate of drug-likeness (QED) is 0.0983. The molecule has 1 aliphatic heterocycles. The van der Waals surface area contributed by atoms with Crippen molar-refractivity contribution in [1.29, 1.82) is 5.26 Å². The van der Waals surface area contributed by atoms with E-state index in [0.29, 0.717) is 11.1 Å². The molecule has 2 unspecified atom stereocenters. The summed E-state index contributed by atoms with van der Waals surface area (Å²) in [5.74, 6) is -3.08. The van der Waals surface area contributed by atoms with E-state index in [1.165, 1.54) is 17.8 Å². The van der Waals surface area contributed by atoms with Gasteiger partial charge < -0.3 is 24.7 Å². The van der Waals surface area contributed by atoms with Crippen molar-refractivity contribution < 1.29 is 46.9 Å². The Labute approximate surface area is 309 Å². The van der Waals surface area contributed by atoms with Gasteiger partial charge in [0, 0.05) is 0 Å². The molecule has 3 aromatic rings. The van der Waals surface area contributed by atoms with E-state index >= 15 is 0 Å². The number of nitrogens with one attached hydrogen (secondary N) is 1. The fourth-order valence-electron chi connectivity index (χ4n) is 5.42. The second kappa shape index (κ2) is 18.1. The predicted octanol–water partition coefficient (Wildman–Crippen LogP) is 5.08. The second-order valence-corrected chi connectivity index (χ2v) is 15.3. The number of carbonyl (C=O) groups excluding carboxylic acids is 3. The summed E-state index contributed by atoms with van der Waals surface area (Å²) < 4.78 is 51.4. The lowest BCUT2D eigenvalue weighted by Gasteiger charge is -2.31. The van der Waals surface area contributed by atoms with Gasteiger partial charge in [0.05, 0.1) is 30.7 Å². The van der Waals surface area contributed by atoms with Crippen LogP contribution in [0.2, 0.25) is 0 Å². The number of hydrogen-bond donors (Lipinski definition) is 2. The fourth-order valence-corrected chi connectivity index (χ4v) is 6.91. The van der Waals surface area contributed by atoms with Crippen LogP contribution < -0.4 is 10.8 Å². The maximum absolute atomic E-state index is 14.5. The number of ether oxygens (including phenoxy) is 4. The van der Waals surface area contributed by atoms with Gasteiger partial charge in [-0.05, 0) is 30.5 Å². The molecule has 2 aromatic heterocycles. The highest BCUT2D eigenvalue weighted by atomic mass is 31.2. The van der Waals surface area contributed by atoms with E-state index in [2.05, 4.69) is 15.2 Å². The third-order valence-corrected chi connectivity index (χ3v) is 10.5. The van der Waals surface area contributed by atoms with Crippen LogP contribution in [0, 0.1) is 29.1 Å². The molecule has 1 aromatic carbocycles. The van der Waals surface area contributed by atoms with Crippen LogP contribution in [0.15, 0.2) is 48.8 Å². The topological polar surface area (TPSA) is 216 Å². The smallest absolute Gasteiger partial charge is 0.406 e. The van der Waals surface area contributed by atoms with Crippen LogP contribution >= 0.6 is 7.75 Å². The molecule has 3 heterocycles. The summed E-state index contributed by atoms with van der Waals surface area (Å²) in [4.78, 5) is 43.4. The highest BCUT2D eigenvalue weighted by molar-refractivity contribution is 7.51. The van der Waals surface area contributed by atoms with Crippen molar-refractivity contribution in [2.75, 3.05) is 18.9 Å². The first-order chi connectivity index (χ1) is 25.2. The lowest BCUT2D eigenvalue weighted by molar-refractivity contribution is -0.173. The Morgan fingerprint density at radius 3 is 2.28 bits per heavy atom. The highest BCUT2D eigenvalue weighted by Gasteiger charge is 2.62. The zero-order valence-corrected chi connectivity index (χ0v) is 32.0. The van der Waals surface area contributed by atoms with E-state index in [1.807, 2.05) is 19.9 Å². The number of nitrogens with two attached hydrogens (primary N) is 1. The number of nitrogen functional groups attached to an aromatic ring is 1. The molecule has 288 valence electrons. The van der Waals surface area contributed by atoms with Crippen molar-refractivity contribution >= 4 is 37.0 Å². The van der Waals surface area contributed by atoms with E-state index < -0.39 is 74.1 Å². The highest BCUT2D eigenvalue weighted by Crippen LogP contribution is 2.50. The minimum atomic E-state index is -4.51. The molecule has 0 aliphatic carbocycles. The number of nitriles is 1. The van der Waals surface area contributed by atoms with Crippen LogP contribution in [0.3, 0.4) is 0 Å². The van der Waals surface area contributed by atoms with Crippen molar-refractivity contribution in [2.24, 2.45) is 17.8 Å². The SMILES string of the molecule is CCC(CC)COC(=O)C(C)NP(=O)(OCc1ccccc1)OC[C@@]1(C#N)O[C@@H](c2ccc3c(N)ncnn23)[C@H](OC(=O)C(C)C)[C@@H]1OC(=O)C(C)C. The number of benzene rings is 1. The Morgan fingerprint density at radius 2 is 1.66 bits per heavy atom. The lowest BCUT2D eigenvalue weighted by Crippen LogP contribution is -2.50. The van der Waals surface area contributed by atoms with Gasteiger partial charge in [-0.15, -0.1) is 0 Å². The average molecular weight is 757 g/mol. The third kappa shape index (κ3) is 9.98. The van der Waals surface area contributed by atoms with Crippen molar-refractivity contribution in [3.63, 3.8) is 0 Å². The van der Waals surface area contributed by atoms with Crippen molar-refractivity contribution in [3.8, 4) is 6.07 Å². The normalized spacial score (nSPS) is 21.7. The molecule has 1 saturated heterocycles. The van der Waals surface area contributed by atoms with Crippen LogP contribution in [-0.2, 0) is 53.6 Å². The molecule has 6 atom stereocenters. The van der Waals surface area contributed by atoms with Gasteiger partial charge >= 0.3 is 25.7 Å². The molecule has 17 heteroatoms. The molecule has 0 amide bonds. The molecule has 0 radical (unpaired) electrons. The van der Waals surface area contributed by atoms with Gasteiger partial charge in [-0.25, -0.2) is 19.2 Å². The number of esters is 3. The summed E-state index contributed by atoms with van der Waals surface area (Å²) in [6.45, 7) is 11.0. The monoisotopic (exact) mass is 756 g/mol. The molecule has 4 rings (SSSR count). The minimum absolute atomic E-state index is 0.146. The summed E-state index contributed by atoms with van der Waals surface area (Å²) in [7, 11) is -4.51. The summed E-state index contributed by atoms with van der Waals surface area (Å²) in [5.41, 5.74) is 5.16. The first-order valence-electron chi connectivity index (χ1n) is 17.6. The van der Waals surface area contributed by atoms with Crippen LogP contribution in [0.25, 0.3) is 5.52 Å². The maximum atomic E-state index is 14.5. The number of rotatable bonds is 18.